The topological polar surface area (TPSA) is 36.0 Å². The molecule has 1 aromatic rings. The Balaban J connectivity index is 1.51. The number of ether oxygens (including phenoxy) is 1. The van der Waals surface area contributed by atoms with Crippen LogP contribution in [0.3, 0.4) is 0 Å². The second-order valence-electron chi connectivity index (χ2n) is 9.44. The van der Waals surface area contributed by atoms with Gasteiger partial charge in [0.15, 0.2) is 0 Å². The number of hydrogen-bond donors (Lipinski definition) is 0. The average Bonchev–Trinajstić information content (AvgIpc) is 2.77. The lowest BCUT2D eigenvalue weighted by Gasteiger charge is -2.57. The molecule has 1 aromatic carbocycles. The fraction of sp³-hybridized carbons (Fsp3) is 0.720. The molecule has 5 heteroatoms. The SMILES string of the molecule is CCN(CC)C(=O)CN1C[C@H]2C[C@@H](C1)[C@H](Cc1cccc(OC)c1)N1CCCC[C@@H]21. The Bertz CT molecular complexity index is 720. The van der Waals surface area contributed by atoms with E-state index >= 15 is 0 Å². The molecule has 5 nitrogen and oxygen atoms in total. The summed E-state index contributed by atoms with van der Waals surface area (Å²) in [5.74, 6) is 2.61. The maximum Gasteiger partial charge on any atom is 0.236 e. The molecule has 3 heterocycles. The van der Waals surface area contributed by atoms with Crippen LogP contribution >= 0.6 is 0 Å². The van der Waals surface area contributed by atoms with Gasteiger partial charge in [-0.25, -0.2) is 0 Å². The fourth-order valence-electron chi connectivity index (χ4n) is 6.32. The second kappa shape index (κ2) is 9.69. The van der Waals surface area contributed by atoms with Crippen molar-refractivity contribution in [1.29, 1.82) is 0 Å². The zero-order chi connectivity index (χ0) is 21.1. The molecule has 2 bridgehead atoms. The van der Waals surface area contributed by atoms with Crippen LogP contribution in [0.25, 0.3) is 0 Å². The summed E-state index contributed by atoms with van der Waals surface area (Å²) < 4.78 is 5.47. The van der Waals surface area contributed by atoms with Crippen molar-refractivity contribution in [2.24, 2.45) is 11.8 Å². The number of methoxy groups -OCH3 is 1. The first-order valence-electron chi connectivity index (χ1n) is 12.0. The summed E-state index contributed by atoms with van der Waals surface area (Å²) in [6, 6.07) is 9.87. The third-order valence-corrected chi connectivity index (χ3v) is 7.75. The van der Waals surface area contributed by atoms with E-state index < -0.39 is 0 Å². The molecule has 0 unspecified atom stereocenters. The molecule has 0 spiro atoms. The van der Waals surface area contributed by atoms with Gasteiger partial charge in [0.2, 0.25) is 5.91 Å². The number of likely N-dealkylation sites (N-methyl/N-ethyl adjacent to an activating group) is 1. The molecule has 0 radical (unpaired) electrons. The number of carbonyl (C=O) groups excluding carboxylic acids is 1. The van der Waals surface area contributed by atoms with Crippen molar-refractivity contribution in [1.82, 2.24) is 14.7 Å². The van der Waals surface area contributed by atoms with Crippen LogP contribution in [-0.2, 0) is 11.2 Å². The van der Waals surface area contributed by atoms with Crippen LogP contribution in [0.15, 0.2) is 24.3 Å². The first-order chi connectivity index (χ1) is 14.6. The van der Waals surface area contributed by atoms with Crippen molar-refractivity contribution >= 4 is 5.91 Å². The lowest BCUT2D eigenvalue weighted by Crippen LogP contribution is -2.64. The van der Waals surface area contributed by atoms with Crippen LogP contribution in [0.2, 0.25) is 0 Å². The molecule has 166 valence electrons. The molecule has 0 aromatic heterocycles. The Hall–Kier alpha value is -1.59. The van der Waals surface area contributed by atoms with Crippen molar-refractivity contribution in [3.8, 4) is 5.75 Å². The molecular formula is C25H39N3O2. The van der Waals surface area contributed by atoms with E-state index in [1.54, 1.807) is 7.11 Å². The summed E-state index contributed by atoms with van der Waals surface area (Å²) >= 11 is 0. The molecule has 3 aliphatic rings. The van der Waals surface area contributed by atoms with E-state index in [2.05, 4.69) is 41.8 Å². The monoisotopic (exact) mass is 413 g/mol. The predicted molar refractivity (Wildman–Crippen MR) is 121 cm³/mol. The Kier molecular flexibility index (Phi) is 6.99. The van der Waals surface area contributed by atoms with Crippen molar-refractivity contribution in [2.75, 3.05) is 46.4 Å². The quantitative estimate of drug-likeness (QED) is 0.687. The van der Waals surface area contributed by atoms with Gasteiger partial charge in [0.25, 0.3) is 0 Å². The largest absolute Gasteiger partial charge is 0.497 e. The van der Waals surface area contributed by atoms with Gasteiger partial charge in [0.1, 0.15) is 5.75 Å². The summed E-state index contributed by atoms with van der Waals surface area (Å²) in [5, 5.41) is 0. The summed E-state index contributed by atoms with van der Waals surface area (Å²) in [6.07, 6.45) is 6.42. The van der Waals surface area contributed by atoms with Crippen LogP contribution in [0.1, 0.15) is 45.1 Å². The number of fused-ring (bicyclic) bond motifs is 4. The van der Waals surface area contributed by atoms with E-state index in [4.69, 9.17) is 4.74 Å². The lowest BCUT2D eigenvalue weighted by molar-refractivity contribution is -0.134. The van der Waals surface area contributed by atoms with Crippen LogP contribution in [0.5, 0.6) is 5.75 Å². The fourth-order valence-corrected chi connectivity index (χ4v) is 6.32. The summed E-state index contributed by atoms with van der Waals surface area (Å²) in [7, 11) is 1.75. The first-order valence-corrected chi connectivity index (χ1v) is 12.0. The molecule has 4 rings (SSSR count). The highest BCUT2D eigenvalue weighted by Crippen LogP contribution is 2.42. The summed E-state index contributed by atoms with van der Waals surface area (Å²) in [6.45, 7) is 9.76. The van der Waals surface area contributed by atoms with E-state index in [9.17, 15) is 4.79 Å². The number of nitrogens with zero attached hydrogens (tertiary/aromatic N) is 3. The van der Waals surface area contributed by atoms with E-state index in [0.717, 1.165) is 44.3 Å². The highest BCUT2D eigenvalue weighted by molar-refractivity contribution is 5.78. The van der Waals surface area contributed by atoms with Crippen molar-refractivity contribution < 1.29 is 9.53 Å². The zero-order valence-electron chi connectivity index (χ0n) is 19.1. The maximum absolute atomic E-state index is 12.8. The molecule has 1 amide bonds. The van der Waals surface area contributed by atoms with Gasteiger partial charge in [-0.3, -0.25) is 14.6 Å². The standard InChI is InChI=1S/C25H39N3O2/c1-4-27(5-2)25(29)18-26-16-20-15-21(17-26)24(28-12-7-6-11-23(20)28)14-19-9-8-10-22(13-19)30-3/h8-10,13,20-21,23-24H,4-7,11-12,14-18H2,1-3H3/t20-,21+,23+,24+/m1/s1. The molecule has 30 heavy (non-hydrogen) atoms. The number of carbonyl (C=O) groups is 1. The highest BCUT2D eigenvalue weighted by atomic mass is 16.5. The molecule has 0 N–H and O–H groups in total. The number of hydrogen-bond acceptors (Lipinski definition) is 4. The van der Waals surface area contributed by atoms with Crippen molar-refractivity contribution in [3.63, 3.8) is 0 Å². The number of piperidine rings is 3. The number of likely N-dealkylation sites (tertiary alicyclic amines) is 1. The van der Waals surface area contributed by atoms with Gasteiger partial charge in [-0.2, -0.15) is 0 Å². The van der Waals surface area contributed by atoms with E-state index in [1.807, 2.05) is 11.0 Å². The molecule has 0 saturated carbocycles. The van der Waals surface area contributed by atoms with Gasteiger partial charge in [0.05, 0.1) is 13.7 Å². The minimum Gasteiger partial charge on any atom is -0.497 e. The molecule has 0 aliphatic carbocycles. The van der Waals surface area contributed by atoms with E-state index in [0.29, 0.717) is 30.5 Å². The van der Waals surface area contributed by atoms with Gasteiger partial charge >= 0.3 is 0 Å². The van der Waals surface area contributed by atoms with Crippen LogP contribution in [0.4, 0.5) is 0 Å². The Morgan fingerprint density at radius 2 is 1.97 bits per heavy atom. The van der Waals surface area contributed by atoms with Gasteiger partial charge in [-0.1, -0.05) is 18.6 Å². The Morgan fingerprint density at radius 1 is 1.17 bits per heavy atom. The van der Waals surface area contributed by atoms with Gasteiger partial charge in [-0.05, 0) is 75.6 Å². The normalized spacial score (nSPS) is 29.3. The Morgan fingerprint density at radius 3 is 2.73 bits per heavy atom. The molecular weight excluding hydrogens is 374 g/mol. The summed E-state index contributed by atoms with van der Waals surface area (Å²) in [5.41, 5.74) is 1.37. The van der Waals surface area contributed by atoms with Crippen LogP contribution < -0.4 is 4.74 Å². The predicted octanol–water partition coefficient (Wildman–Crippen LogP) is 3.28. The second-order valence-corrected chi connectivity index (χ2v) is 9.44. The highest BCUT2D eigenvalue weighted by Gasteiger charge is 2.47. The minimum absolute atomic E-state index is 0.296. The van der Waals surface area contributed by atoms with Gasteiger partial charge < -0.3 is 9.64 Å². The van der Waals surface area contributed by atoms with Crippen LogP contribution in [-0.4, -0.2) is 79.1 Å². The first kappa shape index (κ1) is 21.6. The molecule has 3 saturated heterocycles. The van der Waals surface area contributed by atoms with Crippen molar-refractivity contribution in [3.05, 3.63) is 29.8 Å². The van der Waals surface area contributed by atoms with Gasteiger partial charge in [0, 0.05) is 38.3 Å². The maximum atomic E-state index is 12.8. The molecule has 3 fully saturated rings. The third-order valence-electron chi connectivity index (χ3n) is 7.75. The zero-order valence-corrected chi connectivity index (χ0v) is 19.1. The van der Waals surface area contributed by atoms with E-state index in [1.165, 1.54) is 37.8 Å². The lowest BCUT2D eigenvalue weighted by atomic mass is 9.71. The third kappa shape index (κ3) is 4.52. The minimum atomic E-state index is 0.296. The average molecular weight is 414 g/mol. The molecule has 4 atom stereocenters. The summed E-state index contributed by atoms with van der Waals surface area (Å²) in [4.78, 5) is 20.1. The van der Waals surface area contributed by atoms with Crippen molar-refractivity contribution in [2.45, 2.75) is 58.0 Å². The number of rotatable bonds is 7. The van der Waals surface area contributed by atoms with Crippen LogP contribution in [0, 0.1) is 11.8 Å². The smallest absolute Gasteiger partial charge is 0.236 e. The molecule has 3 aliphatic heterocycles. The van der Waals surface area contributed by atoms with Gasteiger partial charge in [-0.15, -0.1) is 0 Å². The Labute approximate surface area is 182 Å². The number of benzene rings is 1. The number of amides is 1. The van der Waals surface area contributed by atoms with E-state index in [-0.39, 0.29) is 0 Å².